The van der Waals surface area contributed by atoms with Crippen LogP contribution in [0.5, 0.6) is 11.6 Å². The van der Waals surface area contributed by atoms with Gasteiger partial charge in [-0.15, -0.1) is 0 Å². The van der Waals surface area contributed by atoms with Gasteiger partial charge in [0.1, 0.15) is 11.4 Å². The zero-order valence-electron chi connectivity index (χ0n) is 19.6. The predicted molar refractivity (Wildman–Crippen MR) is 127 cm³/mol. The van der Waals surface area contributed by atoms with Gasteiger partial charge < -0.3 is 20.5 Å². The van der Waals surface area contributed by atoms with Crippen molar-refractivity contribution in [3.63, 3.8) is 0 Å². The highest BCUT2D eigenvalue weighted by molar-refractivity contribution is 5.69. The third kappa shape index (κ3) is 7.83. The van der Waals surface area contributed by atoms with E-state index in [1.54, 1.807) is 6.20 Å². The van der Waals surface area contributed by atoms with E-state index in [-0.39, 0.29) is 12.0 Å². The van der Waals surface area contributed by atoms with Crippen LogP contribution in [0.4, 0.5) is 5.69 Å². The van der Waals surface area contributed by atoms with Crippen molar-refractivity contribution >= 4 is 11.7 Å². The van der Waals surface area contributed by atoms with Crippen LogP contribution in [0.15, 0.2) is 42.6 Å². The van der Waals surface area contributed by atoms with E-state index in [2.05, 4.69) is 10.3 Å². The van der Waals surface area contributed by atoms with Gasteiger partial charge in [-0.3, -0.25) is 4.79 Å². The highest BCUT2D eigenvalue weighted by Gasteiger charge is 2.25. The molecule has 0 bridgehead atoms. The van der Waals surface area contributed by atoms with Crippen LogP contribution in [0.3, 0.4) is 0 Å². The van der Waals surface area contributed by atoms with Crippen molar-refractivity contribution < 1.29 is 14.3 Å². The maximum Gasteiger partial charge on any atom is 0.306 e. The minimum absolute atomic E-state index is 0.137. The zero-order chi connectivity index (χ0) is 23.0. The van der Waals surface area contributed by atoms with Crippen molar-refractivity contribution in [2.24, 2.45) is 5.92 Å². The maximum atomic E-state index is 12.3. The summed E-state index contributed by atoms with van der Waals surface area (Å²) >= 11 is 0. The van der Waals surface area contributed by atoms with Crippen LogP contribution >= 0.6 is 0 Å². The number of nitrogens with two attached hydrogens (primary N) is 1. The number of pyridine rings is 1. The summed E-state index contributed by atoms with van der Waals surface area (Å²) in [6.45, 7) is 6.32. The van der Waals surface area contributed by atoms with E-state index in [4.69, 9.17) is 15.2 Å². The first-order valence-electron chi connectivity index (χ1n) is 11.7. The number of para-hydroxylation sites is 1. The Hall–Kier alpha value is -2.60. The molecule has 1 heterocycles. The molecule has 0 spiro atoms. The number of benzene rings is 1. The SMILES string of the molecule is CC(C)(C)OC(=O)CCC(NCc1cc(Oc2ccccc2)ncc1N)C1CCCCC1. The second-order valence-corrected chi connectivity index (χ2v) is 9.65. The minimum Gasteiger partial charge on any atom is -0.460 e. The number of ether oxygens (including phenoxy) is 2. The van der Waals surface area contributed by atoms with E-state index in [0.717, 1.165) is 17.7 Å². The largest absolute Gasteiger partial charge is 0.460 e. The summed E-state index contributed by atoms with van der Waals surface area (Å²) in [6, 6.07) is 11.7. The van der Waals surface area contributed by atoms with Gasteiger partial charge in [0, 0.05) is 25.1 Å². The molecule has 1 atom stereocenters. The van der Waals surface area contributed by atoms with Crippen molar-refractivity contribution in [2.75, 3.05) is 5.73 Å². The minimum atomic E-state index is -0.453. The normalized spacial score (nSPS) is 15.8. The average molecular weight is 440 g/mol. The van der Waals surface area contributed by atoms with E-state index < -0.39 is 5.60 Å². The summed E-state index contributed by atoms with van der Waals surface area (Å²) in [6.07, 6.45) is 9.01. The molecule has 2 aromatic rings. The number of esters is 1. The van der Waals surface area contributed by atoms with E-state index >= 15 is 0 Å². The molecule has 6 heteroatoms. The number of hydrogen-bond acceptors (Lipinski definition) is 6. The lowest BCUT2D eigenvalue weighted by Crippen LogP contribution is -2.38. The summed E-state index contributed by atoms with van der Waals surface area (Å²) in [5.41, 5.74) is 7.33. The van der Waals surface area contributed by atoms with E-state index in [1.165, 1.54) is 32.1 Å². The Morgan fingerprint density at radius 2 is 1.91 bits per heavy atom. The standard InChI is InChI=1S/C26H37N3O3/c1-26(2,3)32-25(30)15-14-23(19-10-6-4-7-11-19)28-17-20-16-24(29-18-22(20)27)31-21-12-8-5-9-13-21/h5,8-9,12-13,16,18-19,23,28H,4,6-7,10-11,14-15,17,27H2,1-3H3. The maximum absolute atomic E-state index is 12.3. The molecule has 0 saturated heterocycles. The number of rotatable bonds is 9. The zero-order valence-corrected chi connectivity index (χ0v) is 19.6. The molecular weight excluding hydrogens is 402 g/mol. The Balaban J connectivity index is 1.64. The Morgan fingerprint density at radius 1 is 1.19 bits per heavy atom. The van der Waals surface area contributed by atoms with Crippen molar-refractivity contribution in [2.45, 2.75) is 83.9 Å². The molecule has 1 saturated carbocycles. The number of anilines is 1. The van der Waals surface area contributed by atoms with E-state index in [9.17, 15) is 4.79 Å². The summed E-state index contributed by atoms with van der Waals surface area (Å²) < 4.78 is 11.4. The number of aromatic nitrogens is 1. The second-order valence-electron chi connectivity index (χ2n) is 9.65. The Bertz CT molecular complexity index is 858. The van der Waals surface area contributed by atoms with Crippen molar-refractivity contribution in [1.29, 1.82) is 0 Å². The molecular formula is C26H37N3O3. The van der Waals surface area contributed by atoms with Crippen LogP contribution in [-0.2, 0) is 16.1 Å². The molecule has 1 aromatic carbocycles. The monoisotopic (exact) mass is 439 g/mol. The van der Waals surface area contributed by atoms with Crippen molar-refractivity contribution in [3.8, 4) is 11.6 Å². The molecule has 6 nitrogen and oxygen atoms in total. The first kappa shape index (κ1) is 24.1. The molecule has 1 aliphatic rings. The number of nitrogens with one attached hydrogen (secondary N) is 1. The van der Waals surface area contributed by atoms with Crippen molar-refractivity contribution in [3.05, 3.63) is 48.2 Å². The van der Waals surface area contributed by atoms with Gasteiger partial charge in [-0.05, 0) is 63.6 Å². The number of hydrogen-bond donors (Lipinski definition) is 2. The van der Waals surface area contributed by atoms with Gasteiger partial charge in [0.15, 0.2) is 0 Å². The number of nitrogens with zero attached hydrogens (tertiary/aromatic N) is 1. The summed E-state index contributed by atoms with van der Waals surface area (Å²) in [4.78, 5) is 16.6. The van der Waals surface area contributed by atoms with E-state index in [1.807, 2.05) is 57.2 Å². The molecule has 1 aromatic heterocycles. The summed E-state index contributed by atoms with van der Waals surface area (Å²) in [7, 11) is 0. The summed E-state index contributed by atoms with van der Waals surface area (Å²) in [5.74, 6) is 1.68. The predicted octanol–water partition coefficient (Wildman–Crippen LogP) is 5.62. The first-order chi connectivity index (χ1) is 15.3. The van der Waals surface area contributed by atoms with Crippen LogP contribution in [0.1, 0.15) is 71.3 Å². The number of nitrogen functional groups attached to an aromatic ring is 1. The molecule has 1 aliphatic carbocycles. The lowest BCUT2D eigenvalue weighted by Gasteiger charge is -2.31. The van der Waals surface area contributed by atoms with Crippen LogP contribution in [-0.4, -0.2) is 22.6 Å². The van der Waals surface area contributed by atoms with Crippen LogP contribution in [0, 0.1) is 5.92 Å². The van der Waals surface area contributed by atoms with Crippen LogP contribution in [0.25, 0.3) is 0 Å². The molecule has 32 heavy (non-hydrogen) atoms. The third-order valence-electron chi connectivity index (χ3n) is 5.82. The highest BCUT2D eigenvalue weighted by atomic mass is 16.6. The number of carbonyl (C=O) groups is 1. The van der Waals surface area contributed by atoms with Crippen LogP contribution < -0.4 is 15.8 Å². The molecule has 174 valence electrons. The molecule has 3 rings (SSSR count). The van der Waals surface area contributed by atoms with Gasteiger partial charge in [0.2, 0.25) is 5.88 Å². The molecule has 3 N–H and O–H groups in total. The summed E-state index contributed by atoms with van der Waals surface area (Å²) in [5, 5.41) is 3.68. The van der Waals surface area contributed by atoms with E-state index in [0.29, 0.717) is 30.5 Å². The quantitative estimate of drug-likeness (QED) is 0.493. The van der Waals surface area contributed by atoms with Gasteiger partial charge in [-0.25, -0.2) is 4.98 Å². The second kappa shape index (κ2) is 11.3. The molecule has 0 radical (unpaired) electrons. The smallest absolute Gasteiger partial charge is 0.306 e. The van der Waals surface area contributed by atoms with Gasteiger partial charge >= 0.3 is 5.97 Å². The Labute approximate surface area is 191 Å². The fourth-order valence-electron chi connectivity index (χ4n) is 4.25. The third-order valence-corrected chi connectivity index (χ3v) is 5.82. The fourth-order valence-corrected chi connectivity index (χ4v) is 4.25. The van der Waals surface area contributed by atoms with Gasteiger partial charge in [-0.1, -0.05) is 37.5 Å². The van der Waals surface area contributed by atoms with Gasteiger partial charge in [0.25, 0.3) is 0 Å². The van der Waals surface area contributed by atoms with Crippen molar-refractivity contribution in [1.82, 2.24) is 10.3 Å². The topological polar surface area (TPSA) is 86.5 Å². The first-order valence-corrected chi connectivity index (χ1v) is 11.7. The Morgan fingerprint density at radius 3 is 2.59 bits per heavy atom. The molecule has 1 fully saturated rings. The number of carbonyl (C=O) groups excluding carboxylic acids is 1. The lowest BCUT2D eigenvalue weighted by molar-refractivity contribution is -0.155. The van der Waals surface area contributed by atoms with Crippen LogP contribution in [0.2, 0.25) is 0 Å². The lowest BCUT2D eigenvalue weighted by atomic mass is 9.82. The highest BCUT2D eigenvalue weighted by Crippen LogP contribution is 2.29. The molecule has 1 unspecified atom stereocenters. The van der Waals surface area contributed by atoms with Gasteiger partial charge in [0.05, 0.1) is 11.9 Å². The Kier molecular flexibility index (Phi) is 8.51. The average Bonchev–Trinajstić information content (AvgIpc) is 2.76. The van der Waals surface area contributed by atoms with Gasteiger partial charge in [-0.2, -0.15) is 0 Å². The molecule has 0 amide bonds. The fraction of sp³-hybridized carbons (Fsp3) is 0.538. The molecule has 0 aliphatic heterocycles.